The molecule has 2 amide bonds. The molecule has 11 N–H and O–H groups in total. The zero-order chi connectivity index (χ0) is 37.0. The lowest BCUT2D eigenvalue weighted by Gasteiger charge is -2.47. The number of hydrogen-bond acceptors (Lipinski definition) is 16. The molecule has 3 aliphatic heterocycles. The Bertz CT molecular complexity index is 1450. The summed E-state index contributed by atoms with van der Waals surface area (Å²) in [6.45, 7) is 4.19. The number of carbonyl (C=O) groups is 2. The molecule has 50 heavy (non-hydrogen) atoms. The molecule has 3 fully saturated rings. The van der Waals surface area contributed by atoms with E-state index >= 15 is 0 Å². The minimum atomic E-state index is -1.85. The van der Waals surface area contributed by atoms with Crippen molar-refractivity contribution in [3.8, 4) is 0 Å². The number of nitrogens with one attached hydrogen (secondary N) is 3. The van der Waals surface area contributed by atoms with Crippen LogP contribution in [0, 0.1) is 5.92 Å². The summed E-state index contributed by atoms with van der Waals surface area (Å²) < 4.78 is 23.8. The molecule has 0 aromatic carbocycles. The third kappa shape index (κ3) is 9.02. The second kappa shape index (κ2) is 16.9. The monoisotopic (exact) mass is 718 g/mol. The number of carbonyl (C=O) groups excluding carboxylic acids is 2. The Morgan fingerprint density at radius 1 is 0.920 bits per heavy atom. The first-order valence-corrected chi connectivity index (χ1v) is 16.1. The summed E-state index contributed by atoms with van der Waals surface area (Å²) >= 11 is 0. The van der Waals surface area contributed by atoms with Crippen molar-refractivity contribution >= 4 is 11.8 Å². The quantitative estimate of drug-likeness (QED) is 0.0898. The Balaban J connectivity index is 1.58. The number of ether oxygens (including phenoxy) is 4. The van der Waals surface area contributed by atoms with Gasteiger partial charge in [0.05, 0.1) is 18.8 Å². The summed E-state index contributed by atoms with van der Waals surface area (Å²) in [4.78, 5) is 50.5. The van der Waals surface area contributed by atoms with E-state index < -0.39 is 128 Å². The van der Waals surface area contributed by atoms with Crippen molar-refractivity contribution in [3.05, 3.63) is 45.3 Å². The van der Waals surface area contributed by atoms with Crippen molar-refractivity contribution in [2.24, 2.45) is 5.92 Å². The predicted octanol–water partition coefficient (Wildman–Crippen LogP) is -5.60. The highest BCUT2D eigenvalue weighted by molar-refractivity contribution is 5.87. The molecule has 1 aromatic heterocycles. The third-order valence-corrected chi connectivity index (χ3v) is 8.66. The van der Waals surface area contributed by atoms with Gasteiger partial charge in [-0.3, -0.25) is 23.9 Å². The summed E-state index contributed by atoms with van der Waals surface area (Å²) in [6.07, 6.45) is -18.1. The van der Waals surface area contributed by atoms with E-state index in [1.54, 1.807) is 6.08 Å². The molecule has 282 valence electrons. The standard InChI is InChI=1S/C30H46N4O16/c1-11(2)5-4-6-16(38)32-19-23(43)20(40)14(47-29(19)50-28-18(31-12(3)36)22(42)21(41)15(10-35)48-28)9-13(37)26-24(44)25(45)27(49-26)34-8-7-17(39)33-30(34)46/h4,6-8,11,13-15,18-29,35,37,40-45H,5,9-10H2,1-3H3,(H,31,36)(H,32,38)(H,33,39,46)/b6-4+/t13?,14-,15-,18-,19-,20+,21-,22-,23-,24+,25-,26-,27-,28-,29+/m1/s1. The Morgan fingerprint density at radius 3 is 2.10 bits per heavy atom. The smallest absolute Gasteiger partial charge is 0.330 e. The first-order valence-electron chi connectivity index (χ1n) is 16.1. The summed E-state index contributed by atoms with van der Waals surface area (Å²) in [5, 5.41) is 90.4. The third-order valence-electron chi connectivity index (χ3n) is 8.66. The maximum Gasteiger partial charge on any atom is 0.330 e. The molecule has 0 aliphatic carbocycles. The fourth-order valence-corrected chi connectivity index (χ4v) is 6.01. The molecule has 20 heteroatoms. The Hall–Kier alpha value is -3.12. The number of rotatable bonds is 12. The second-order valence-corrected chi connectivity index (χ2v) is 13.0. The topological polar surface area (TPSA) is 312 Å². The van der Waals surface area contributed by atoms with Gasteiger partial charge in [0.25, 0.3) is 5.56 Å². The first kappa shape index (κ1) is 39.7. The molecule has 0 bridgehead atoms. The van der Waals surface area contributed by atoms with Crippen LogP contribution in [0.25, 0.3) is 0 Å². The molecule has 20 nitrogen and oxygen atoms in total. The van der Waals surface area contributed by atoms with Gasteiger partial charge in [-0.15, -0.1) is 0 Å². The van der Waals surface area contributed by atoms with Crippen molar-refractivity contribution in [1.29, 1.82) is 0 Å². The van der Waals surface area contributed by atoms with Gasteiger partial charge in [0.15, 0.2) is 18.8 Å². The van der Waals surface area contributed by atoms with Crippen LogP contribution in [0.1, 0.15) is 39.8 Å². The molecule has 1 unspecified atom stereocenters. The van der Waals surface area contributed by atoms with Gasteiger partial charge in [0, 0.05) is 25.6 Å². The van der Waals surface area contributed by atoms with Gasteiger partial charge in [-0.05, 0) is 18.4 Å². The normalized spacial score (nSPS) is 38.3. The van der Waals surface area contributed by atoms with E-state index in [9.17, 15) is 60.0 Å². The summed E-state index contributed by atoms with van der Waals surface area (Å²) in [6, 6.07) is -2.02. The summed E-state index contributed by atoms with van der Waals surface area (Å²) in [5.41, 5.74) is -1.69. The fraction of sp³-hybridized carbons (Fsp3) is 0.733. The number of aromatic nitrogens is 2. The van der Waals surface area contributed by atoms with Gasteiger partial charge >= 0.3 is 5.69 Å². The second-order valence-electron chi connectivity index (χ2n) is 13.0. The van der Waals surface area contributed by atoms with Crippen LogP contribution >= 0.6 is 0 Å². The summed E-state index contributed by atoms with van der Waals surface area (Å²) in [7, 11) is 0. The van der Waals surface area contributed by atoms with E-state index in [4.69, 9.17) is 18.9 Å². The molecule has 0 saturated carbocycles. The van der Waals surface area contributed by atoms with Gasteiger partial charge in [-0.2, -0.15) is 0 Å². The van der Waals surface area contributed by atoms with Crippen LogP contribution in [0.5, 0.6) is 0 Å². The van der Waals surface area contributed by atoms with E-state index in [-0.39, 0.29) is 5.92 Å². The molecule has 0 spiro atoms. The number of amides is 2. The molecule has 0 radical (unpaired) electrons. The Kier molecular flexibility index (Phi) is 13.4. The molecule has 15 atom stereocenters. The van der Waals surface area contributed by atoms with Crippen LogP contribution in [0.2, 0.25) is 0 Å². The zero-order valence-corrected chi connectivity index (χ0v) is 27.5. The lowest BCUT2D eigenvalue weighted by Crippen LogP contribution is -2.68. The molecule has 4 rings (SSSR count). The average Bonchev–Trinajstić information content (AvgIpc) is 3.34. The Labute approximate surface area is 284 Å². The molecular formula is C30H46N4O16. The number of aromatic amines is 1. The highest BCUT2D eigenvalue weighted by Gasteiger charge is 2.53. The van der Waals surface area contributed by atoms with Crippen LogP contribution in [0.3, 0.4) is 0 Å². The molecule has 3 saturated heterocycles. The minimum Gasteiger partial charge on any atom is -0.394 e. The lowest BCUT2D eigenvalue weighted by molar-refractivity contribution is -0.346. The van der Waals surface area contributed by atoms with E-state index in [2.05, 4.69) is 10.6 Å². The number of aliphatic hydroxyl groups excluding tert-OH is 8. The van der Waals surface area contributed by atoms with Gasteiger partial charge < -0.3 is 70.4 Å². The SMILES string of the molecule is CC(=O)N[C@H]1[C@@H](O[C@@H]2O[C@H](CC(O)[C@H]3O[C@@H](n4ccc(=O)[nH]c4=O)[C@H](O)[C@@H]3O)[C@H](O)[C@H](O)[C@H]2NC(=O)/C=C/CC(C)C)O[C@H](CO)[C@@H](O)[C@@H]1O. The maximum absolute atomic E-state index is 12.8. The van der Waals surface area contributed by atoms with Crippen LogP contribution in [-0.2, 0) is 28.5 Å². The van der Waals surface area contributed by atoms with Gasteiger partial charge in [-0.25, -0.2) is 4.79 Å². The zero-order valence-electron chi connectivity index (χ0n) is 27.5. The predicted molar refractivity (Wildman–Crippen MR) is 166 cm³/mol. The van der Waals surface area contributed by atoms with Crippen LogP contribution in [0.15, 0.2) is 34.0 Å². The maximum atomic E-state index is 12.8. The van der Waals surface area contributed by atoms with Crippen molar-refractivity contribution in [2.45, 2.75) is 126 Å². The highest BCUT2D eigenvalue weighted by atomic mass is 16.8. The lowest BCUT2D eigenvalue weighted by atomic mass is 9.91. The summed E-state index contributed by atoms with van der Waals surface area (Å²) in [5.74, 6) is -1.16. The van der Waals surface area contributed by atoms with Gasteiger partial charge in [0.2, 0.25) is 11.8 Å². The van der Waals surface area contributed by atoms with Crippen molar-refractivity contribution in [3.63, 3.8) is 0 Å². The largest absolute Gasteiger partial charge is 0.394 e. The van der Waals surface area contributed by atoms with E-state index in [0.29, 0.717) is 6.42 Å². The van der Waals surface area contributed by atoms with Gasteiger partial charge in [-0.1, -0.05) is 19.9 Å². The van der Waals surface area contributed by atoms with Crippen LogP contribution < -0.4 is 21.9 Å². The molecular weight excluding hydrogens is 672 g/mol. The number of nitrogens with zero attached hydrogens (tertiary/aromatic N) is 1. The Morgan fingerprint density at radius 2 is 1.52 bits per heavy atom. The van der Waals surface area contributed by atoms with E-state index in [1.807, 2.05) is 18.8 Å². The highest BCUT2D eigenvalue weighted by Crippen LogP contribution is 2.34. The number of hydrogen-bond donors (Lipinski definition) is 11. The minimum absolute atomic E-state index is 0.222. The van der Waals surface area contributed by atoms with Gasteiger partial charge in [0.1, 0.15) is 60.9 Å². The number of H-pyrrole nitrogens is 1. The van der Waals surface area contributed by atoms with E-state index in [0.717, 1.165) is 23.8 Å². The van der Waals surface area contributed by atoms with Crippen molar-refractivity contribution in [1.82, 2.24) is 20.2 Å². The van der Waals surface area contributed by atoms with Crippen molar-refractivity contribution in [2.75, 3.05) is 6.61 Å². The molecule has 3 aliphatic rings. The first-order chi connectivity index (χ1) is 23.5. The molecule has 1 aromatic rings. The average molecular weight is 719 g/mol. The van der Waals surface area contributed by atoms with Crippen LogP contribution in [0.4, 0.5) is 0 Å². The van der Waals surface area contributed by atoms with E-state index in [1.165, 1.54) is 6.08 Å². The van der Waals surface area contributed by atoms with Crippen LogP contribution in [-0.4, -0.2) is 155 Å². The molecule has 4 heterocycles. The number of allylic oxidation sites excluding steroid dienone is 1. The van der Waals surface area contributed by atoms with Crippen molar-refractivity contribution < 1.29 is 69.4 Å². The fourth-order valence-electron chi connectivity index (χ4n) is 6.01. The number of aliphatic hydroxyl groups is 8.